The molecule has 1 amide bonds. The van der Waals surface area contributed by atoms with Crippen molar-refractivity contribution >= 4 is 5.91 Å². The van der Waals surface area contributed by atoms with Crippen LogP contribution >= 0.6 is 0 Å². The summed E-state index contributed by atoms with van der Waals surface area (Å²) in [4.78, 5) is 22.3. The van der Waals surface area contributed by atoms with Crippen molar-refractivity contribution in [2.75, 3.05) is 19.7 Å². The maximum atomic E-state index is 12.5. The van der Waals surface area contributed by atoms with Gasteiger partial charge in [-0.05, 0) is 25.0 Å². The van der Waals surface area contributed by atoms with Crippen molar-refractivity contribution in [2.24, 2.45) is 0 Å². The van der Waals surface area contributed by atoms with Gasteiger partial charge in [0.1, 0.15) is 18.1 Å². The molecule has 7 heteroatoms. The van der Waals surface area contributed by atoms with Crippen molar-refractivity contribution < 1.29 is 18.7 Å². The Kier molecular flexibility index (Phi) is 3.93. The van der Waals surface area contributed by atoms with Gasteiger partial charge < -0.3 is 18.8 Å². The second-order valence-corrected chi connectivity index (χ2v) is 6.33. The van der Waals surface area contributed by atoms with Crippen molar-refractivity contribution in [3.63, 3.8) is 0 Å². The number of oxazole rings is 1. The summed E-state index contributed by atoms with van der Waals surface area (Å²) in [6, 6.07) is 3.74. The van der Waals surface area contributed by atoms with Crippen LogP contribution in [0, 0.1) is 0 Å². The quantitative estimate of drug-likeness (QED) is 0.856. The number of ether oxygens (including phenoxy) is 2. The van der Waals surface area contributed by atoms with Crippen molar-refractivity contribution in [1.29, 1.82) is 0 Å². The Morgan fingerprint density at radius 2 is 2.42 bits per heavy atom. The number of likely N-dealkylation sites (tertiary alicyclic amines) is 1. The number of pyridine rings is 1. The van der Waals surface area contributed by atoms with Crippen LogP contribution in [0.3, 0.4) is 0 Å². The molecule has 0 aliphatic carbocycles. The Morgan fingerprint density at radius 3 is 3.21 bits per heavy atom. The predicted octanol–water partition coefficient (Wildman–Crippen LogP) is 1.91. The van der Waals surface area contributed by atoms with E-state index in [9.17, 15) is 4.79 Å². The van der Waals surface area contributed by atoms with Gasteiger partial charge in [0.2, 0.25) is 0 Å². The number of hydrogen-bond donors (Lipinski definition) is 0. The summed E-state index contributed by atoms with van der Waals surface area (Å²) >= 11 is 0. The molecular formula is C17H19N3O4. The van der Waals surface area contributed by atoms with Crippen LogP contribution in [0.1, 0.15) is 29.8 Å². The number of carbonyl (C=O) groups excluding carboxylic acids is 1. The van der Waals surface area contributed by atoms with Gasteiger partial charge in [-0.1, -0.05) is 0 Å². The highest BCUT2D eigenvalue weighted by atomic mass is 16.6. The Labute approximate surface area is 139 Å². The van der Waals surface area contributed by atoms with Crippen LogP contribution in [0.5, 0.6) is 5.75 Å². The molecule has 2 saturated heterocycles. The van der Waals surface area contributed by atoms with Crippen LogP contribution in [0.15, 0.2) is 41.6 Å². The van der Waals surface area contributed by atoms with Crippen molar-refractivity contribution in [3.05, 3.63) is 42.9 Å². The van der Waals surface area contributed by atoms with Crippen LogP contribution in [0.25, 0.3) is 0 Å². The molecule has 0 unspecified atom stereocenters. The molecule has 0 N–H and O–H groups in total. The molecule has 7 nitrogen and oxygen atoms in total. The van der Waals surface area contributed by atoms with Gasteiger partial charge in [0.05, 0.1) is 24.9 Å². The largest absolute Gasteiger partial charge is 0.486 e. The summed E-state index contributed by atoms with van der Waals surface area (Å²) in [5.74, 6) is 0.637. The number of amides is 1. The summed E-state index contributed by atoms with van der Waals surface area (Å²) < 4.78 is 16.9. The standard InChI is InChI=1S/C17H19N3O4/c21-16(15-10-22-12-19-15)20-6-2-4-17(11-20)7-14(9-23-17)24-13-3-1-5-18-8-13/h1,3,5,8,10,12,14H,2,4,6-7,9,11H2/t14-,17+/m1/s1. The molecule has 2 aromatic rings. The first-order chi connectivity index (χ1) is 11.7. The van der Waals surface area contributed by atoms with Crippen LogP contribution in [0.4, 0.5) is 0 Å². The third-order valence-corrected chi connectivity index (χ3v) is 4.59. The monoisotopic (exact) mass is 329 g/mol. The van der Waals surface area contributed by atoms with Crippen LogP contribution < -0.4 is 4.74 Å². The first kappa shape index (κ1) is 15.1. The maximum absolute atomic E-state index is 12.5. The molecule has 4 heterocycles. The second-order valence-electron chi connectivity index (χ2n) is 6.33. The fourth-order valence-electron chi connectivity index (χ4n) is 3.52. The Bertz CT molecular complexity index is 691. The number of hydrogen-bond acceptors (Lipinski definition) is 6. The zero-order valence-corrected chi connectivity index (χ0v) is 13.3. The van der Waals surface area contributed by atoms with Crippen molar-refractivity contribution in [2.45, 2.75) is 31.0 Å². The Balaban J connectivity index is 1.41. The van der Waals surface area contributed by atoms with Gasteiger partial charge in [-0.25, -0.2) is 4.98 Å². The van der Waals surface area contributed by atoms with Crippen LogP contribution in [-0.4, -0.2) is 52.2 Å². The Hall–Kier alpha value is -2.41. The van der Waals surface area contributed by atoms with E-state index in [1.165, 1.54) is 12.7 Å². The van der Waals surface area contributed by atoms with Gasteiger partial charge in [-0.15, -0.1) is 0 Å². The van der Waals surface area contributed by atoms with E-state index in [1.807, 2.05) is 12.1 Å². The molecular weight excluding hydrogens is 310 g/mol. The minimum absolute atomic E-state index is 0.0173. The van der Waals surface area contributed by atoms with Gasteiger partial charge >= 0.3 is 0 Å². The fraction of sp³-hybridized carbons (Fsp3) is 0.471. The molecule has 0 aromatic carbocycles. The lowest BCUT2D eigenvalue weighted by Gasteiger charge is -2.39. The highest BCUT2D eigenvalue weighted by Gasteiger charge is 2.45. The fourth-order valence-corrected chi connectivity index (χ4v) is 3.52. The van der Waals surface area contributed by atoms with E-state index in [0.29, 0.717) is 25.4 Å². The zero-order chi connectivity index (χ0) is 16.4. The third kappa shape index (κ3) is 2.99. The molecule has 0 bridgehead atoms. The van der Waals surface area contributed by atoms with E-state index in [4.69, 9.17) is 13.9 Å². The average molecular weight is 329 g/mol. The summed E-state index contributed by atoms with van der Waals surface area (Å²) in [6.45, 7) is 1.80. The number of carbonyl (C=O) groups is 1. The van der Waals surface area contributed by atoms with Crippen LogP contribution in [-0.2, 0) is 4.74 Å². The topological polar surface area (TPSA) is 77.7 Å². The minimum atomic E-state index is -0.329. The molecule has 2 aromatic heterocycles. The molecule has 2 atom stereocenters. The first-order valence-corrected chi connectivity index (χ1v) is 8.12. The lowest BCUT2D eigenvalue weighted by molar-refractivity contribution is -0.0454. The smallest absolute Gasteiger partial charge is 0.275 e. The zero-order valence-electron chi connectivity index (χ0n) is 13.3. The number of aromatic nitrogens is 2. The van der Waals surface area contributed by atoms with Crippen molar-refractivity contribution in [3.8, 4) is 5.75 Å². The Morgan fingerprint density at radius 1 is 1.46 bits per heavy atom. The molecule has 2 aliphatic heterocycles. The molecule has 0 radical (unpaired) electrons. The van der Waals surface area contributed by atoms with E-state index in [0.717, 1.165) is 25.0 Å². The summed E-state index contributed by atoms with van der Waals surface area (Å²) in [6.07, 6.45) is 8.66. The van der Waals surface area contributed by atoms with Crippen molar-refractivity contribution in [1.82, 2.24) is 14.9 Å². The summed E-state index contributed by atoms with van der Waals surface area (Å²) in [5, 5.41) is 0. The van der Waals surface area contributed by atoms with Crippen LogP contribution in [0.2, 0.25) is 0 Å². The summed E-state index contributed by atoms with van der Waals surface area (Å²) in [7, 11) is 0. The highest BCUT2D eigenvalue weighted by molar-refractivity contribution is 5.92. The molecule has 1 spiro atoms. The second kappa shape index (κ2) is 6.24. The number of nitrogens with zero attached hydrogens (tertiary/aromatic N) is 3. The molecule has 24 heavy (non-hydrogen) atoms. The third-order valence-electron chi connectivity index (χ3n) is 4.59. The lowest BCUT2D eigenvalue weighted by Crippen LogP contribution is -2.50. The van der Waals surface area contributed by atoms with Gasteiger partial charge in [-0.3, -0.25) is 9.78 Å². The van der Waals surface area contributed by atoms with E-state index < -0.39 is 0 Å². The minimum Gasteiger partial charge on any atom is -0.486 e. The van der Waals surface area contributed by atoms with Gasteiger partial charge in [0.25, 0.3) is 5.91 Å². The molecule has 126 valence electrons. The highest BCUT2D eigenvalue weighted by Crippen LogP contribution is 2.36. The lowest BCUT2D eigenvalue weighted by atomic mass is 9.89. The maximum Gasteiger partial charge on any atom is 0.275 e. The SMILES string of the molecule is O=C(c1cocn1)N1CCC[C@]2(C[C@@H](Oc3cccnc3)CO2)C1. The average Bonchev–Trinajstić information content (AvgIpc) is 3.26. The van der Waals surface area contributed by atoms with Gasteiger partial charge in [-0.2, -0.15) is 0 Å². The molecule has 2 fully saturated rings. The molecule has 4 rings (SSSR count). The normalized spacial score (nSPS) is 26.7. The predicted molar refractivity (Wildman–Crippen MR) is 83.6 cm³/mol. The van der Waals surface area contributed by atoms with Gasteiger partial charge in [0, 0.05) is 19.2 Å². The van der Waals surface area contributed by atoms with E-state index in [2.05, 4.69) is 9.97 Å². The van der Waals surface area contributed by atoms with E-state index >= 15 is 0 Å². The first-order valence-electron chi connectivity index (χ1n) is 8.12. The van der Waals surface area contributed by atoms with E-state index in [-0.39, 0.29) is 17.6 Å². The van der Waals surface area contributed by atoms with E-state index in [1.54, 1.807) is 17.3 Å². The molecule has 0 saturated carbocycles. The number of rotatable bonds is 3. The molecule has 2 aliphatic rings. The van der Waals surface area contributed by atoms with Gasteiger partial charge in [0.15, 0.2) is 12.1 Å². The summed E-state index contributed by atoms with van der Waals surface area (Å²) in [5.41, 5.74) is 0.0121. The number of piperidine rings is 1.